The van der Waals surface area contributed by atoms with Gasteiger partial charge in [-0.1, -0.05) is 159 Å². The third-order valence-electron chi connectivity index (χ3n) is 9.07. The first-order valence-corrected chi connectivity index (χ1v) is 17.4. The summed E-state index contributed by atoms with van der Waals surface area (Å²) in [6.07, 6.45) is 7.93. The van der Waals surface area contributed by atoms with Crippen LogP contribution in [0, 0.1) is 5.92 Å². The molecule has 0 spiro atoms. The van der Waals surface area contributed by atoms with E-state index in [2.05, 4.69) is 165 Å². The molecular formula is C41H32N2Si. The largest absolute Gasteiger partial charge is 0.237 e. The number of rotatable bonds is 5. The van der Waals surface area contributed by atoms with Crippen molar-refractivity contribution in [2.45, 2.75) is 13.3 Å². The summed E-state index contributed by atoms with van der Waals surface area (Å²) in [5, 5.41) is 4.00. The summed E-state index contributed by atoms with van der Waals surface area (Å²) in [6, 6.07) is 50.5. The summed E-state index contributed by atoms with van der Waals surface area (Å²) >= 11 is 0. The predicted molar refractivity (Wildman–Crippen MR) is 186 cm³/mol. The highest BCUT2D eigenvalue weighted by atomic mass is 28.3. The van der Waals surface area contributed by atoms with Crippen LogP contribution in [-0.2, 0) is 0 Å². The van der Waals surface area contributed by atoms with Gasteiger partial charge in [0.25, 0.3) is 0 Å². The molecule has 0 N–H and O–H groups in total. The van der Waals surface area contributed by atoms with Crippen molar-refractivity contribution in [3.05, 3.63) is 163 Å². The highest BCUT2D eigenvalue weighted by molar-refractivity contribution is 7.21. The molecule has 1 atom stereocenters. The van der Waals surface area contributed by atoms with Gasteiger partial charge in [-0.25, -0.2) is 9.97 Å². The second-order valence-corrected chi connectivity index (χ2v) is 15.5. The molecule has 0 fully saturated rings. The number of allylic oxidation sites excluding steroid dienone is 4. The first kappa shape index (κ1) is 26.5. The van der Waals surface area contributed by atoms with Crippen LogP contribution in [0.5, 0.6) is 0 Å². The lowest BCUT2D eigenvalue weighted by molar-refractivity contribution is 0.739. The molecule has 0 radical (unpaired) electrons. The lowest BCUT2D eigenvalue weighted by atomic mass is 9.95. The summed E-state index contributed by atoms with van der Waals surface area (Å²) in [5.74, 6) is 0.471. The molecule has 6 aromatic rings. The average Bonchev–Trinajstić information content (AvgIpc) is 3.40. The maximum absolute atomic E-state index is 5.56. The summed E-state index contributed by atoms with van der Waals surface area (Å²) in [4.78, 5) is 11.1. The minimum absolute atomic E-state index is 0.471. The molecule has 0 saturated heterocycles. The summed E-state index contributed by atoms with van der Waals surface area (Å²) < 4.78 is 0. The fraction of sp³-hybridized carbons (Fsp3) is 0.0732. The maximum Gasteiger partial charge on any atom is 0.227 e. The van der Waals surface area contributed by atoms with Gasteiger partial charge in [-0.2, -0.15) is 0 Å². The number of aromatic nitrogens is 2. The summed E-state index contributed by atoms with van der Waals surface area (Å²) in [5.41, 5.74) is 10.2. The number of fused-ring (bicyclic) bond motifs is 3. The fourth-order valence-corrected chi connectivity index (χ4v) is 11.8. The minimum Gasteiger partial charge on any atom is -0.237 e. The molecule has 210 valence electrons. The van der Waals surface area contributed by atoms with Gasteiger partial charge in [-0.05, 0) is 61.8 Å². The van der Waals surface area contributed by atoms with Crippen LogP contribution in [0.25, 0.3) is 39.1 Å². The molecule has 3 heteroatoms. The Balaban J connectivity index is 1.44. The van der Waals surface area contributed by atoms with Crippen molar-refractivity contribution in [2.75, 3.05) is 0 Å². The van der Waals surface area contributed by atoms with Crippen LogP contribution < -0.4 is 21.0 Å². The quantitative estimate of drug-likeness (QED) is 0.202. The third kappa shape index (κ3) is 4.32. The lowest BCUT2D eigenvalue weighted by Crippen LogP contribution is -2.74. The van der Waals surface area contributed by atoms with Crippen LogP contribution in [0.2, 0.25) is 0 Å². The standard InChI is InChI=1S/C41H32N2Si/c1-29-13-12-18-33(27-29)38-28-37(32-16-6-3-7-17-32)42-41(43-38)44(34-25-23-31(24-26-34)30-14-4-2-5-15-30)39-21-10-8-19-35(39)36-20-9-11-22-40(36)44/h2-12,14-29H,13H2,1H3. The van der Waals surface area contributed by atoms with E-state index in [1.54, 1.807) is 0 Å². The lowest BCUT2D eigenvalue weighted by Gasteiger charge is -2.30. The number of hydrogen-bond acceptors (Lipinski definition) is 2. The van der Waals surface area contributed by atoms with Crippen molar-refractivity contribution < 1.29 is 0 Å². The first-order chi connectivity index (χ1) is 21.7. The van der Waals surface area contributed by atoms with Crippen LogP contribution in [0.15, 0.2) is 158 Å². The number of nitrogens with zero attached hydrogens (tertiary/aromatic N) is 2. The summed E-state index contributed by atoms with van der Waals surface area (Å²) in [6.45, 7) is 2.28. The van der Waals surface area contributed by atoms with E-state index in [9.17, 15) is 0 Å². The van der Waals surface area contributed by atoms with Crippen molar-refractivity contribution in [2.24, 2.45) is 5.92 Å². The smallest absolute Gasteiger partial charge is 0.227 e. The van der Waals surface area contributed by atoms with Gasteiger partial charge in [0.2, 0.25) is 8.07 Å². The van der Waals surface area contributed by atoms with Gasteiger partial charge in [0, 0.05) is 5.56 Å². The normalized spacial score (nSPS) is 16.2. The van der Waals surface area contributed by atoms with Gasteiger partial charge in [-0.3, -0.25) is 0 Å². The Bertz CT molecular complexity index is 2000. The molecule has 0 saturated carbocycles. The number of benzene rings is 5. The van der Waals surface area contributed by atoms with Crippen molar-refractivity contribution in [3.63, 3.8) is 0 Å². The molecule has 8 rings (SSSR count). The van der Waals surface area contributed by atoms with E-state index in [4.69, 9.17) is 9.97 Å². The Morgan fingerprint density at radius 1 is 0.568 bits per heavy atom. The van der Waals surface area contributed by atoms with Crippen molar-refractivity contribution in [3.8, 4) is 33.5 Å². The molecule has 2 heterocycles. The molecular weight excluding hydrogens is 549 g/mol. The molecule has 2 nitrogen and oxygen atoms in total. The molecule has 0 amide bonds. The Labute approximate surface area is 260 Å². The monoisotopic (exact) mass is 580 g/mol. The first-order valence-electron chi connectivity index (χ1n) is 15.4. The van der Waals surface area contributed by atoms with Crippen LogP contribution in [0.1, 0.15) is 19.0 Å². The maximum atomic E-state index is 5.56. The van der Waals surface area contributed by atoms with E-state index in [0.29, 0.717) is 5.92 Å². The molecule has 1 aromatic heterocycles. The van der Waals surface area contributed by atoms with E-state index in [-0.39, 0.29) is 0 Å². The Hall–Kier alpha value is -5.12. The topological polar surface area (TPSA) is 25.8 Å². The molecule has 1 aliphatic carbocycles. The van der Waals surface area contributed by atoms with Gasteiger partial charge >= 0.3 is 0 Å². The number of hydrogen-bond donors (Lipinski definition) is 0. The summed E-state index contributed by atoms with van der Waals surface area (Å²) in [7, 11) is -2.90. The Morgan fingerprint density at radius 3 is 1.75 bits per heavy atom. The van der Waals surface area contributed by atoms with Gasteiger partial charge in [-0.15, -0.1) is 0 Å². The Morgan fingerprint density at radius 2 is 1.11 bits per heavy atom. The SMILES string of the molecule is CC1C=C(c2cc(-c3ccccc3)nc([Si]3(c4ccc(-c5ccccc5)cc4)c4ccccc4-c4ccccc43)n2)C=CC1. The van der Waals surface area contributed by atoms with Crippen LogP contribution in [-0.4, -0.2) is 18.0 Å². The second kappa shape index (κ2) is 10.9. The fourth-order valence-electron chi connectivity index (χ4n) is 6.99. The van der Waals surface area contributed by atoms with Gasteiger partial charge < -0.3 is 0 Å². The van der Waals surface area contributed by atoms with E-state index in [1.165, 1.54) is 43.4 Å². The molecule has 0 bridgehead atoms. The van der Waals surface area contributed by atoms with Crippen LogP contribution in [0.4, 0.5) is 0 Å². The average molecular weight is 581 g/mol. The Kier molecular flexibility index (Phi) is 6.54. The molecule has 1 aliphatic heterocycles. The highest BCUT2D eigenvalue weighted by Crippen LogP contribution is 2.31. The zero-order chi connectivity index (χ0) is 29.5. The third-order valence-corrected chi connectivity index (χ3v) is 13.7. The highest BCUT2D eigenvalue weighted by Gasteiger charge is 2.51. The predicted octanol–water partition coefficient (Wildman–Crippen LogP) is 7.15. The minimum atomic E-state index is -2.90. The van der Waals surface area contributed by atoms with Gasteiger partial charge in [0.1, 0.15) is 5.45 Å². The van der Waals surface area contributed by atoms with E-state index in [1.807, 2.05) is 0 Å². The zero-order valence-electron chi connectivity index (χ0n) is 24.7. The van der Waals surface area contributed by atoms with E-state index >= 15 is 0 Å². The van der Waals surface area contributed by atoms with Gasteiger partial charge in [0.15, 0.2) is 0 Å². The van der Waals surface area contributed by atoms with E-state index < -0.39 is 8.07 Å². The molecule has 44 heavy (non-hydrogen) atoms. The molecule has 2 aliphatic rings. The van der Waals surface area contributed by atoms with E-state index in [0.717, 1.165) is 28.8 Å². The van der Waals surface area contributed by atoms with Crippen LogP contribution >= 0.6 is 0 Å². The van der Waals surface area contributed by atoms with Gasteiger partial charge in [0.05, 0.1) is 11.4 Å². The van der Waals surface area contributed by atoms with Crippen molar-refractivity contribution in [1.29, 1.82) is 0 Å². The second-order valence-electron chi connectivity index (χ2n) is 11.8. The molecule has 1 unspecified atom stereocenters. The van der Waals surface area contributed by atoms with Crippen molar-refractivity contribution >= 4 is 34.7 Å². The zero-order valence-corrected chi connectivity index (χ0v) is 25.7. The van der Waals surface area contributed by atoms with Crippen molar-refractivity contribution in [1.82, 2.24) is 9.97 Å². The molecule has 5 aromatic carbocycles. The van der Waals surface area contributed by atoms with Crippen LogP contribution in [0.3, 0.4) is 0 Å².